The highest BCUT2D eigenvalue weighted by atomic mass is 19.4. The van der Waals surface area contributed by atoms with Crippen molar-refractivity contribution in [2.75, 3.05) is 6.61 Å². The van der Waals surface area contributed by atoms with Crippen LogP contribution >= 0.6 is 0 Å². The molecule has 2 rings (SSSR count). The fraction of sp³-hybridized carbons (Fsp3) is 0.667. The summed E-state index contributed by atoms with van der Waals surface area (Å²) in [6.45, 7) is 0.602. The van der Waals surface area contributed by atoms with Crippen molar-refractivity contribution in [3.8, 4) is 5.88 Å². The van der Waals surface area contributed by atoms with E-state index in [0.29, 0.717) is 12.6 Å². The van der Waals surface area contributed by atoms with Crippen molar-refractivity contribution < 1.29 is 17.9 Å². The molecule has 1 aromatic heterocycles. The van der Waals surface area contributed by atoms with Gasteiger partial charge >= 0.3 is 6.18 Å². The van der Waals surface area contributed by atoms with Crippen molar-refractivity contribution >= 4 is 0 Å². The Morgan fingerprint density at radius 1 is 1.32 bits per heavy atom. The number of hydrogen-bond donors (Lipinski definition) is 1. The van der Waals surface area contributed by atoms with E-state index in [-0.39, 0.29) is 18.9 Å². The highest BCUT2D eigenvalue weighted by molar-refractivity contribution is 5.08. The van der Waals surface area contributed by atoms with Gasteiger partial charge in [0, 0.05) is 25.2 Å². The van der Waals surface area contributed by atoms with Crippen molar-refractivity contribution in [2.24, 2.45) is 0 Å². The smallest absolute Gasteiger partial charge is 0.389 e. The van der Waals surface area contributed by atoms with Crippen LogP contribution in [0.4, 0.5) is 13.2 Å². The second-order valence-corrected chi connectivity index (χ2v) is 4.57. The molecule has 0 saturated heterocycles. The molecular weight excluding hydrogens is 259 g/mol. The molecule has 0 aromatic carbocycles. The maximum atomic E-state index is 11.9. The van der Waals surface area contributed by atoms with Gasteiger partial charge < -0.3 is 10.1 Å². The SMILES string of the molecule is FC(F)(F)CCCOc1cncc(CNC2CC2)n1. The third-order valence-electron chi connectivity index (χ3n) is 2.67. The fourth-order valence-electron chi connectivity index (χ4n) is 1.53. The van der Waals surface area contributed by atoms with Crippen molar-refractivity contribution in [3.63, 3.8) is 0 Å². The lowest BCUT2D eigenvalue weighted by Crippen LogP contribution is -2.16. The van der Waals surface area contributed by atoms with Gasteiger partial charge in [-0.25, -0.2) is 4.98 Å². The number of hydrogen-bond acceptors (Lipinski definition) is 4. The maximum absolute atomic E-state index is 11.9. The highest BCUT2D eigenvalue weighted by Gasteiger charge is 2.26. The first-order valence-electron chi connectivity index (χ1n) is 6.27. The summed E-state index contributed by atoms with van der Waals surface area (Å²) in [7, 11) is 0. The van der Waals surface area contributed by atoms with Crippen molar-refractivity contribution in [1.29, 1.82) is 0 Å². The van der Waals surface area contributed by atoms with E-state index in [1.165, 1.54) is 19.0 Å². The summed E-state index contributed by atoms with van der Waals surface area (Å²) in [4.78, 5) is 8.14. The van der Waals surface area contributed by atoms with Crippen LogP contribution in [0, 0.1) is 0 Å². The number of ether oxygens (including phenoxy) is 1. The lowest BCUT2D eigenvalue weighted by molar-refractivity contribution is -0.136. The Hall–Kier alpha value is -1.37. The van der Waals surface area contributed by atoms with Gasteiger partial charge in [-0.15, -0.1) is 0 Å². The molecule has 0 unspecified atom stereocenters. The molecule has 1 heterocycles. The molecule has 1 aliphatic carbocycles. The minimum atomic E-state index is -4.13. The minimum Gasteiger partial charge on any atom is -0.477 e. The quantitative estimate of drug-likeness (QED) is 0.776. The largest absolute Gasteiger partial charge is 0.477 e. The lowest BCUT2D eigenvalue weighted by Gasteiger charge is -2.08. The highest BCUT2D eigenvalue weighted by Crippen LogP contribution is 2.21. The van der Waals surface area contributed by atoms with Gasteiger partial charge in [-0.1, -0.05) is 0 Å². The van der Waals surface area contributed by atoms with Crippen molar-refractivity contribution in [2.45, 2.75) is 44.4 Å². The van der Waals surface area contributed by atoms with E-state index in [1.54, 1.807) is 6.20 Å². The molecule has 106 valence electrons. The number of nitrogens with one attached hydrogen (secondary N) is 1. The predicted molar refractivity (Wildman–Crippen MR) is 62.7 cm³/mol. The first-order chi connectivity index (χ1) is 9.03. The van der Waals surface area contributed by atoms with E-state index in [2.05, 4.69) is 15.3 Å². The summed E-state index contributed by atoms with van der Waals surface area (Å²) in [5.74, 6) is 0.275. The van der Waals surface area contributed by atoms with Gasteiger partial charge in [-0.05, 0) is 19.3 Å². The summed E-state index contributed by atoms with van der Waals surface area (Å²) in [5, 5.41) is 3.28. The number of aromatic nitrogens is 2. The molecule has 1 fully saturated rings. The van der Waals surface area contributed by atoms with Gasteiger partial charge in [0.05, 0.1) is 18.5 Å². The molecule has 0 atom stereocenters. The fourth-order valence-corrected chi connectivity index (χ4v) is 1.53. The maximum Gasteiger partial charge on any atom is 0.389 e. The molecule has 0 aliphatic heterocycles. The zero-order chi connectivity index (χ0) is 13.7. The molecule has 0 radical (unpaired) electrons. The van der Waals surface area contributed by atoms with Crippen LogP contribution in [-0.2, 0) is 6.54 Å². The van der Waals surface area contributed by atoms with Crippen LogP contribution in [0.3, 0.4) is 0 Å². The molecule has 1 aliphatic rings. The Labute approximate surface area is 109 Å². The predicted octanol–water partition coefficient (Wildman–Crippen LogP) is 2.45. The van der Waals surface area contributed by atoms with Crippen molar-refractivity contribution in [1.82, 2.24) is 15.3 Å². The van der Waals surface area contributed by atoms with E-state index in [1.807, 2.05) is 0 Å². The van der Waals surface area contributed by atoms with E-state index < -0.39 is 12.6 Å². The normalized spacial score (nSPS) is 15.5. The molecule has 4 nitrogen and oxygen atoms in total. The molecule has 1 aromatic rings. The summed E-state index contributed by atoms with van der Waals surface area (Å²) in [5.41, 5.74) is 0.736. The molecule has 19 heavy (non-hydrogen) atoms. The third kappa shape index (κ3) is 5.87. The molecule has 1 saturated carbocycles. The average Bonchev–Trinajstić information content (AvgIpc) is 3.16. The first kappa shape index (κ1) is 14.0. The lowest BCUT2D eigenvalue weighted by atomic mass is 10.3. The summed E-state index contributed by atoms with van der Waals surface area (Å²) in [6, 6.07) is 0.568. The topological polar surface area (TPSA) is 47.0 Å². The summed E-state index contributed by atoms with van der Waals surface area (Å²) in [6.07, 6.45) is 0.346. The van der Waals surface area contributed by atoms with Crippen LogP contribution in [0.15, 0.2) is 12.4 Å². The zero-order valence-electron chi connectivity index (χ0n) is 10.4. The Bertz CT molecular complexity index is 407. The number of alkyl halides is 3. The van der Waals surface area contributed by atoms with Gasteiger partial charge in [0.2, 0.25) is 5.88 Å². The van der Waals surface area contributed by atoms with Gasteiger partial charge in [-0.3, -0.25) is 4.98 Å². The Balaban J connectivity index is 1.71. The molecule has 7 heteroatoms. The van der Waals surface area contributed by atoms with E-state index in [0.717, 1.165) is 5.69 Å². The van der Waals surface area contributed by atoms with Gasteiger partial charge in [0.15, 0.2) is 0 Å². The summed E-state index contributed by atoms with van der Waals surface area (Å²) >= 11 is 0. The average molecular weight is 275 g/mol. The second-order valence-electron chi connectivity index (χ2n) is 4.57. The Morgan fingerprint density at radius 2 is 2.11 bits per heavy atom. The number of halogens is 3. The van der Waals surface area contributed by atoms with Crippen LogP contribution in [0.5, 0.6) is 5.88 Å². The Kier molecular flexibility index (Phi) is 4.57. The summed E-state index contributed by atoms with van der Waals surface area (Å²) < 4.78 is 41.0. The van der Waals surface area contributed by atoms with Crippen molar-refractivity contribution in [3.05, 3.63) is 18.1 Å². The molecular formula is C12H16F3N3O. The second kappa shape index (κ2) is 6.18. The first-order valence-corrected chi connectivity index (χ1v) is 6.27. The van der Waals surface area contributed by atoms with E-state index >= 15 is 0 Å². The number of nitrogens with zero attached hydrogens (tertiary/aromatic N) is 2. The standard InChI is InChI=1S/C12H16F3N3O/c13-12(14,15)4-1-5-19-11-8-16-6-10(18-11)7-17-9-2-3-9/h6,8-9,17H,1-5,7H2. The van der Waals surface area contributed by atoms with Crippen LogP contribution in [0.1, 0.15) is 31.4 Å². The van der Waals surface area contributed by atoms with Crippen LogP contribution in [0.25, 0.3) is 0 Å². The van der Waals surface area contributed by atoms with Crippen LogP contribution in [-0.4, -0.2) is 28.8 Å². The third-order valence-corrected chi connectivity index (χ3v) is 2.67. The Morgan fingerprint density at radius 3 is 2.79 bits per heavy atom. The van der Waals surface area contributed by atoms with Gasteiger partial charge in [0.25, 0.3) is 0 Å². The molecule has 0 bridgehead atoms. The van der Waals surface area contributed by atoms with Crippen LogP contribution in [0.2, 0.25) is 0 Å². The zero-order valence-corrected chi connectivity index (χ0v) is 10.4. The minimum absolute atomic E-state index is 0.00625. The van der Waals surface area contributed by atoms with Gasteiger partial charge in [-0.2, -0.15) is 13.2 Å². The molecule has 0 spiro atoms. The van der Waals surface area contributed by atoms with Crippen LogP contribution < -0.4 is 10.1 Å². The number of rotatable bonds is 7. The molecule has 1 N–H and O–H groups in total. The van der Waals surface area contributed by atoms with Gasteiger partial charge in [0.1, 0.15) is 0 Å². The molecule has 0 amide bonds. The van der Waals surface area contributed by atoms with E-state index in [9.17, 15) is 13.2 Å². The monoisotopic (exact) mass is 275 g/mol. The van der Waals surface area contributed by atoms with E-state index in [4.69, 9.17) is 4.74 Å².